The lowest BCUT2D eigenvalue weighted by atomic mass is 9.88. The summed E-state index contributed by atoms with van der Waals surface area (Å²) in [6.45, 7) is 19.7. The monoisotopic (exact) mass is 517 g/mol. The number of anilines is 2. The highest BCUT2D eigenvalue weighted by atomic mass is 35.5. The van der Waals surface area contributed by atoms with E-state index in [9.17, 15) is 0 Å². The van der Waals surface area contributed by atoms with Gasteiger partial charge in [0.25, 0.3) is 0 Å². The summed E-state index contributed by atoms with van der Waals surface area (Å²) in [6, 6.07) is 15.0. The largest absolute Gasteiger partial charge is 0.387 e. The Bertz CT molecular complexity index is 1120. The topological polar surface area (TPSA) is 42.6 Å². The molecule has 2 aliphatic rings. The first kappa shape index (κ1) is 27.1. The number of rotatable bonds is 12. The third kappa shape index (κ3) is 7.75. The van der Waals surface area contributed by atoms with Crippen molar-refractivity contribution in [3.63, 3.8) is 0 Å². The van der Waals surface area contributed by atoms with Crippen molar-refractivity contribution >= 4 is 23.0 Å². The van der Waals surface area contributed by atoms with Crippen LogP contribution in [-0.4, -0.2) is 50.7 Å². The lowest BCUT2D eigenvalue weighted by Crippen LogP contribution is -2.46. The molecule has 1 saturated heterocycles. The first-order valence-electron chi connectivity index (χ1n) is 13.2. The van der Waals surface area contributed by atoms with E-state index in [1.807, 2.05) is 18.2 Å². The number of nitrogens with zero attached hydrogens (tertiary/aromatic N) is 2. The van der Waals surface area contributed by atoms with E-state index in [4.69, 9.17) is 11.6 Å². The SMILES string of the molecule is C=C/C=C\CCNCC(=C)NCC1CC(=C)Nc2cc(CN3CCN(c4ccccc4Cl)CC3)ccc21. The number of hydrogen-bond acceptors (Lipinski definition) is 5. The van der Waals surface area contributed by atoms with Gasteiger partial charge in [0.1, 0.15) is 0 Å². The molecule has 2 aromatic carbocycles. The highest BCUT2D eigenvalue weighted by Gasteiger charge is 2.24. The van der Waals surface area contributed by atoms with E-state index in [0.29, 0.717) is 5.92 Å². The first-order valence-corrected chi connectivity index (χ1v) is 13.6. The number of allylic oxidation sites excluding steroid dienone is 3. The van der Waals surface area contributed by atoms with Crippen LogP contribution in [0.15, 0.2) is 91.8 Å². The summed E-state index contributed by atoms with van der Waals surface area (Å²) in [5.74, 6) is 0.379. The number of nitrogens with one attached hydrogen (secondary N) is 3. The first-order chi connectivity index (χ1) is 18.0. The van der Waals surface area contributed by atoms with Crippen LogP contribution in [0.25, 0.3) is 0 Å². The van der Waals surface area contributed by atoms with Crippen molar-refractivity contribution in [2.45, 2.75) is 25.3 Å². The Morgan fingerprint density at radius 1 is 1.14 bits per heavy atom. The molecular weight excluding hydrogens is 478 g/mol. The Morgan fingerprint density at radius 3 is 2.73 bits per heavy atom. The highest BCUT2D eigenvalue weighted by Crippen LogP contribution is 2.36. The molecular formula is C31H40ClN5. The van der Waals surface area contributed by atoms with Crippen molar-refractivity contribution in [2.75, 3.05) is 56.0 Å². The zero-order valence-electron chi connectivity index (χ0n) is 21.8. The van der Waals surface area contributed by atoms with Gasteiger partial charge in [0.15, 0.2) is 0 Å². The molecule has 1 unspecified atom stereocenters. The van der Waals surface area contributed by atoms with Crippen LogP contribution in [0.1, 0.15) is 29.9 Å². The minimum atomic E-state index is 0.379. The van der Waals surface area contributed by atoms with Crippen molar-refractivity contribution in [3.05, 3.63) is 108 Å². The Kier molecular flexibility index (Phi) is 9.89. The Labute approximate surface area is 227 Å². The van der Waals surface area contributed by atoms with Crippen LogP contribution < -0.4 is 20.9 Å². The van der Waals surface area contributed by atoms with Gasteiger partial charge < -0.3 is 20.9 Å². The van der Waals surface area contributed by atoms with E-state index in [-0.39, 0.29) is 0 Å². The molecule has 0 saturated carbocycles. The van der Waals surface area contributed by atoms with Crippen molar-refractivity contribution in [1.29, 1.82) is 0 Å². The van der Waals surface area contributed by atoms with Gasteiger partial charge in [-0.15, -0.1) is 0 Å². The van der Waals surface area contributed by atoms with Crippen molar-refractivity contribution < 1.29 is 0 Å². The lowest BCUT2D eigenvalue weighted by Gasteiger charge is -2.36. The Morgan fingerprint density at radius 2 is 1.95 bits per heavy atom. The van der Waals surface area contributed by atoms with Crippen molar-refractivity contribution in [3.8, 4) is 0 Å². The summed E-state index contributed by atoms with van der Waals surface area (Å²) in [5.41, 5.74) is 7.10. The standard InChI is InChI=1S/C31H40ClN5/c1-4-5-6-9-14-33-21-25(3)34-22-27-19-24(2)35-30-20-26(12-13-28(27)30)23-36-15-17-37(18-16-36)31-11-8-7-10-29(31)32/h4-8,10-13,20,27,33-35H,1-3,9,14-19,21-23H2/b6-5-. The van der Waals surface area contributed by atoms with Gasteiger partial charge in [-0.1, -0.05) is 73.8 Å². The predicted octanol–water partition coefficient (Wildman–Crippen LogP) is 5.90. The maximum Gasteiger partial charge on any atom is 0.0639 e. The van der Waals surface area contributed by atoms with Crippen LogP contribution in [0.2, 0.25) is 5.02 Å². The van der Waals surface area contributed by atoms with Gasteiger partial charge in [0.05, 0.1) is 10.7 Å². The summed E-state index contributed by atoms with van der Waals surface area (Å²) in [4.78, 5) is 4.91. The van der Waals surface area contributed by atoms with Crippen LogP contribution in [0.5, 0.6) is 0 Å². The molecule has 0 aromatic heterocycles. The van der Waals surface area contributed by atoms with Crippen molar-refractivity contribution in [1.82, 2.24) is 15.5 Å². The fourth-order valence-electron chi connectivity index (χ4n) is 5.06. The van der Waals surface area contributed by atoms with Crippen LogP contribution >= 0.6 is 11.6 Å². The van der Waals surface area contributed by atoms with Crippen LogP contribution in [-0.2, 0) is 6.54 Å². The molecule has 4 rings (SSSR count). The molecule has 0 radical (unpaired) electrons. The van der Waals surface area contributed by atoms with Gasteiger partial charge in [-0.05, 0) is 48.7 Å². The lowest BCUT2D eigenvalue weighted by molar-refractivity contribution is 0.250. The molecule has 2 aliphatic heterocycles. The third-order valence-corrected chi connectivity index (χ3v) is 7.35. The van der Waals surface area contributed by atoms with Crippen LogP contribution in [0.3, 0.4) is 0 Å². The Hall–Kier alpha value is -2.99. The number of fused-ring (bicyclic) bond motifs is 1. The number of piperazine rings is 1. The molecule has 5 nitrogen and oxygen atoms in total. The van der Waals surface area contributed by atoms with E-state index in [2.05, 4.69) is 81.9 Å². The second-order valence-corrected chi connectivity index (χ2v) is 10.3. The summed E-state index contributed by atoms with van der Waals surface area (Å²) in [5, 5.41) is 11.3. The van der Waals surface area contributed by atoms with Gasteiger partial charge in [-0.3, -0.25) is 4.90 Å². The summed E-state index contributed by atoms with van der Waals surface area (Å²) in [6.07, 6.45) is 7.81. The summed E-state index contributed by atoms with van der Waals surface area (Å²) < 4.78 is 0. The Balaban J connectivity index is 1.27. The zero-order valence-corrected chi connectivity index (χ0v) is 22.6. The van der Waals surface area contributed by atoms with Crippen LogP contribution in [0.4, 0.5) is 11.4 Å². The normalized spacial score (nSPS) is 17.9. The molecule has 0 bridgehead atoms. The van der Waals surface area contributed by atoms with E-state index in [0.717, 1.165) is 87.3 Å². The number of hydrogen-bond donors (Lipinski definition) is 3. The smallest absolute Gasteiger partial charge is 0.0639 e. The van der Waals surface area contributed by atoms with Gasteiger partial charge in [-0.25, -0.2) is 0 Å². The summed E-state index contributed by atoms with van der Waals surface area (Å²) >= 11 is 6.41. The molecule has 0 amide bonds. The zero-order chi connectivity index (χ0) is 26.0. The maximum atomic E-state index is 6.41. The van der Waals surface area contributed by atoms with E-state index >= 15 is 0 Å². The van der Waals surface area contributed by atoms with Gasteiger partial charge in [0, 0.05) is 68.8 Å². The molecule has 0 spiro atoms. The molecule has 3 N–H and O–H groups in total. The van der Waals surface area contributed by atoms with Gasteiger partial charge >= 0.3 is 0 Å². The molecule has 6 heteroatoms. The molecule has 2 aromatic rings. The van der Waals surface area contributed by atoms with E-state index in [1.165, 1.54) is 16.8 Å². The molecule has 196 valence electrons. The average molecular weight is 518 g/mol. The van der Waals surface area contributed by atoms with Crippen molar-refractivity contribution in [2.24, 2.45) is 0 Å². The molecule has 2 heterocycles. The predicted molar refractivity (Wildman–Crippen MR) is 159 cm³/mol. The quantitative estimate of drug-likeness (QED) is 0.241. The highest BCUT2D eigenvalue weighted by molar-refractivity contribution is 6.33. The number of para-hydroxylation sites is 1. The minimum absolute atomic E-state index is 0.379. The minimum Gasteiger partial charge on any atom is -0.387 e. The molecule has 1 atom stereocenters. The fraction of sp³-hybridized carbons (Fsp3) is 0.355. The molecule has 0 aliphatic carbocycles. The summed E-state index contributed by atoms with van der Waals surface area (Å²) in [7, 11) is 0. The maximum absolute atomic E-state index is 6.41. The second-order valence-electron chi connectivity index (χ2n) is 9.88. The molecule has 1 fully saturated rings. The van der Waals surface area contributed by atoms with Crippen LogP contribution in [0, 0.1) is 0 Å². The second kappa shape index (κ2) is 13.5. The van der Waals surface area contributed by atoms with Gasteiger partial charge in [0.2, 0.25) is 0 Å². The average Bonchev–Trinajstić information content (AvgIpc) is 2.90. The van der Waals surface area contributed by atoms with E-state index < -0.39 is 0 Å². The van der Waals surface area contributed by atoms with E-state index in [1.54, 1.807) is 6.08 Å². The van der Waals surface area contributed by atoms with Gasteiger partial charge in [-0.2, -0.15) is 0 Å². The molecule has 37 heavy (non-hydrogen) atoms. The third-order valence-electron chi connectivity index (χ3n) is 7.03. The number of benzene rings is 2. The fourth-order valence-corrected chi connectivity index (χ4v) is 5.31. The number of halogens is 1.